The second kappa shape index (κ2) is 7.89. The molecule has 0 spiro atoms. The number of urea groups is 1. The maximum atomic E-state index is 11.5. The number of nitrogens with one attached hydrogen (secondary N) is 2. The fourth-order valence-corrected chi connectivity index (χ4v) is 1.18. The molecule has 0 bridgehead atoms. The molecule has 0 aromatic rings. The van der Waals surface area contributed by atoms with E-state index < -0.39 is 18.0 Å². The van der Waals surface area contributed by atoms with Gasteiger partial charge in [-0.15, -0.1) is 0 Å². The number of carbonyl (C=O) groups excluding carboxylic acids is 1. The van der Waals surface area contributed by atoms with Crippen LogP contribution in [-0.4, -0.2) is 54.7 Å². The largest absolute Gasteiger partial charge is 0.480 e. The molecule has 0 heterocycles. The highest BCUT2D eigenvalue weighted by atomic mass is 16.4. The van der Waals surface area contributed by atoms with Gasteiger partial charge in [-0.1, -0.05) is 13.3 Å². The summed E-state index contributed by atoms with van der Waals surface area (Å²) in [6.07, 6.45) is 1.15. The van der Waals surface area contributed by atoms with Gasteiger partial charge in [-0.2, -0.15) is 0 Å². The molecule has 0 rings (SSSR count). The summed E-state index contributed by atoms with van der Waals surface area (Å²) in [7, 11) is 3.84. The number of nitrogens with zero attached hydrogens (tertiary/aromatic N) is 1. The summed E-state index contributed by atoms with van der Waals surface area (Å²) in [5, 5.41) is 14.0. The van der Waals surface area contributed by atoms with Crippen molar-refractivity contribution in [1.29, 1.82) is 0 Å². The Bertz CT molecular complexity index is 256. The molecule has 0 aromatic carbocycles. The normalized spacial score (nSPS) is 14.2. The quantitative estimate of drug-likeness (QED) is 0.609. The molecule has 0 aliphatic rings. The van der Waals surface area contributed by atoms with E-state index in [1.807, 2.05) is 32.8 Å². The first-order chi connectivity index (χ1) is 7.88. The van der Waals surface area contributed by atoms with Crippen molar-refractivity contribution < 1.29 is 14.7 Å². The van der Waals surface area contributed by atoms with E-state index in [1.54, 1.807) is 0 Å². The molecule has 0 radical (unpaired) electrons. The zero-order chi connectivity index (χ0) is 13.4. The fourth-order valence-electron chi connectivity index (χ4n) is 1.18. The number of rotatable bonds is 7. The summed E-state index contributed by atoms with van der Waals surface area (Å²) in [6, 6.07) is -1.04. The molecule has 3 N–H and O–H groups in total. The molecule has 0 aliphatic heterocycles. The average molecular weight is 245 g/mol. The number of carboxylic acid groups (broad SMARTS) is 1. The topological polar surface area (TPSA) is 81.7 Å². The zero-order valence-corrected chi connectivity index (χ0v) is 11.0. The number of aliphatic carboxylic acids is 1. The molecule has 0 saturated carbocycles. The Kier molecular flexibility index (Phi) is 7.29. The number of likely N-dealkylation sites (N-methyl/N-ethyl adjacent to an activating group) is 1. The number of carbonyl (C=O) groups is 2. The van der Waals surface area contributed by atoms with Crippen molar-refractivity contribution in [1.82, 2.24) is 15.5 Å². The number of carboxylic acids is 1. The molecule has 2 unspecified atom stereocenters. The van der Waals surface area contributed by atoms with Crippen LogP contribution in [0.4, 0.5) is 4.79 Å². The second-order valence-electron chi connectivity index (χ2n) is 4.35. The number of hydrogen-bond donors (Lipinski definition) is 3. The molecule has 0 aliphatic carbocycles. The lowest BCUT2D eigenvalue weighted by molar-refractivity contribution is -0.139. The van der Waals surface area contributed by atoms with Crippen LogP contribution in [0.2, 0.25) is 0 Å². The van der Waals surface area contributed by atoms with Crippen molar-refractivity contribution in [3.05, 3.63) is 0 Å². The van der Waals surface area contributed by atoms with Crippen LogP contribution in [0.1, 0.15) is 26.7 Å². The molecule has 0 aromatic heterocycles. The third kappa shape index (κ3) is 6.78. The van der Waals surface area contributed by atoms with Gasteiger partial charge in [0, 0.05) is 12.6 Å². The molecule has 2 amide bonds. The maximum absolute atomic E-state index is 11.5. The monoisotopic (exact) mass is 245 g/mol. The lowest BCUT2D eigenvalue weighted by Gasteiger charge is -2.21. The molecule has 6 heteroatoms. The summed E-state index contributed by atoms with van der Waals surface area (Å²) < 4.78 is 0. The van der Waals surface area contributed by atoms with Gasteiger partial charge in [0.25, 0.3) is 0 Å². The van der Waals surface area contributed by atoms with E-state index in [-0.39, 0.29) is 6.04 Å². The number of amides is 2. The predicted molar refractivity (Wildman–Crippen MR) is 66.0 cm³/mol. The zero-order valence-electron chi connectivity index (χ0n) is 11.0. The van der Waals surface area contributed by atoms with Crippen LogP contribution in [0, 0.1) is 0 Å². The van der Waals surface area contributed by atoms with Crippen LogP contribution in [0.5, 0.6) is 0 Å². The first-order valence-electron chi connectivity index (χ1n) is 5.82. The van der Waals surface area contributed by atoms with Crippen molar-refractivity contribution >= 4 is 12.0 Å². The molecular weight excluding hydrogens is 222 g/mol. The van der Waals surface area contributed by atoms with Crippen LogP contribution in [0.25, 0.3) is 0 Å². The van der Waals surface area contributed by atoms with E-state index in [1.165, 1.54) is 0 Å². The minimum absolute atomic E-state index is 0.204. The Morgan fingerprint density at radius 3 is 2.35 bits per heavy atom. The van der Waals surface area contributed by atoms with Gasteiger partial charge in [-0.3, -0.25) is 0 Å². The van der Waals surface area contributed by atoms with E-state index in [4.69, 9.17) is 5.11 Å². The van der Waals surface area contributed by atoms with Crippen LogP contribution in [0.15, 0.2) is 0 Å². The SMILES string of the molecule is CCCC(NC(=O)NCC(C)N(C)C)C(=O)O. The van der Waals surface area contributed by atoms with Crippen LogP contribution in [-0.2, 0) is 4.79 Å². The first-order valence-corrected chi connectivity index (χ1v) is 5.82. The third-order valence-corrected chi connectivity index (χ3v) is 2.62. The number of hydrogen-bond acceptors (Lipinski definition) is 3. The predicted octanol–water partition coefficient (Wildman–Crippen LogP) is 0.489. The standard InChI is InChI=1S/C11H23N3O3/c1-5-6-9(10(15)16)13-11(17)12-7-8(2)14(3)4/h8-9H,5-7H2,1-4H3,(H,15,16)(H2,12,13,17). The molecular formula is C11H23N3O3. The Morgan fingerprint density at radius 1 is 1.35 bits per heavy atom. The van der Waals surface area contributed by atoms with E-state index in [9.17, 15) is 9.59 Å². The van der Waals surface area contributed by atoms with Gasteiger partial charge in [0.2, 0.25) is 0 Å². The van der Waals surface area contributed by atoms with Gasteiger partial charge in [-0.05, 0) is 27.4 Å². The highest BCUT2D eigenvalue weighted by molar-refractivity contribution is 5.82. The maximum Gasteiger partial charge on any atom is 0.326 e. The smallest absolute Gasteiger partial charge is 0.326 e. The minimum Gasteiger partial charge on any atom is -0.480 e. The summed E-state index contributed by atoms with van der Waals surface area (Å²) in [5.41, 5.74) is 0. The van der Waals surface area contributed by atoms with Gasteiger partial charge < -0.3 is 20.6 Å². The molecule has 17 heavy (non-hydrogen) atoms. The third-order valence-electron chi connectivity index (χ3n) is 2.62. The molecule has 6 nitrogen and oxygen atoms in total. The van der Waals surface area contributed by atoms with Crippen molar-refractivity contribution in [2.45, 2.75) is 38.8 Å². The Balaban J connectivity index is 4.02. The van der Waals surface area contributed by atoms with Crippen molar-refractivity contribution in [3.63, 3.8) is 0 Å². The molecule has 0 fully saturated rings. The van der Waals surface area contributed by atoms with Crippen molar-refractivity contribution in [2.24, 2.45) is 0 Å². The second-order valence-corrected chi connectivity index (χ2v) is 4.35. The summed E-state index contributed by atoms with van der Waals surface area (Å²) >= 11 is 0. The van der Waals surface area contributed by atoms with Gasteiger partial charge in [0.1, 0.15) is 6.04 Å². The fraction of sp³-hybridized carbons (Fsp3) is 0.818. The minimum atomic E-state index is -0.998. The van der Waals surface area contributed by atoms with Gasteiger partial charge in [0.05, 0.1) is 0 Å². The Labute approximate surface area is 102 Å². The lowest BCUT2D eigenvalue weighted by Crippen LogP contribution is -2.48. The Morgan fingerprint density at radius 2 is 1.94 bits per heavy atom. The van der Waals surface area contributed by atoms with Gasteiger partial charge >= 0.3 is 12.0 Å². The van der Waals surface area contributed by atoms with E-state index >= 15 is 0 Å². The summed E-state index contributed by atoms with van der Waals surface area (Å²) in [6.45, 7) is 4.34. The van der Waals surface area contributed by atoms with Crippen molar-refractivity contribution in [3.8, 4) is 0 Å². The van der Waals surface area contributed by atoms with E-state index in [2.05, 4.69) is 10.6 Å². The highest BCUT2D eigenvalue weighted by Gasteiger charge is 2.18. The van der Waals surface area contributed by atoms with Crippen LogP contribution in [0.3, 0.4) is 0 Å². The van der Waals surface area contributed by atoms with E-state index in [0.717, 1.165) is 0 Å². The van der Waals surface area contributed by atoms with Crippen LogP contribution < -0.4 is 10.6 Å². The molecule has 0 saturated heterocycles. The Hall–Kier alpha value is -1.30. The highest BCUT2D eigenvalue weighted by Crippen LogP contribution is 1.96. The van der Waals surface area contributed by atoms with Gasteiger partial charge in [0.15, 0.2) is 0 Å². The lowest BCUT2D eigenvalue weighted by atomic mass is 10.2. The first kappa shape index (κ1) is 15.7. The van der Waals surface area contributed by atoms with Gasteiger partial charge in [-0.25, -0.2) is 9.59 Å². The van der Waals surface area contributed by atoms with Crippen molar-refractivity contribution in [2.75, 3.05) is 20.6 Å². The van der Waals surface area contributed by atoms with E-state index in [0.29, 0.717) is 19.4 Å². The van der Waals surface area contributed by atoms with Crippen LogP contribution >= 0.6 is 0 Å². The summed E-state index contributed by atoms with van der Waals surface area (Å²) in [5.74, 6) is -0.998. The summed E-state index contributed by atoms with van der Waals surface area (Å²) in [4.78, 5) is 24.2. The molecule has 100 valence electrons. The molecule has 2 atom stereocenters. The average Bonchev–Trinajstić information content (AvgIpc) is 2.24.